The average molecular weight is 401 g/mol. The normalized spacial score (nSPS) is 15.3. The highest BCUT2D eigenvalue weighted by Gasteiger charge is 2.33. The molecule has 0 aliphatic carbocycles. The van der Waals surface area contributed by atoms with E-state index in [9.17, 15) is 13.6 Å². The maximum absolute atomic E-state index is 14.1. The molecule has 6 heteroatoms. The largest absolute Gasteiger partial charge is 0.322 e. The maximum Gasteiger partial charge on any atom is 0.256 e. The molecule has 4 aromatic rings. The van der Waals surface area contributed by atoms with Gasteiger partial charge in [-0.25, -0.2) is 8.78 Å². The molecule has 0 spiro atoms. The summed E-state index contributed by atoms with van der Waals surface area (Å²) in [4.78, 5) is 19.2. The summed E-state index contributed by atoms with van der Waals surface area (Å²) in [5, 5.41) is 0. The topological polar surface area (TPSA) is 38.1 Å². The second-order valence-electron chi connectivity index (χ2n) is 7.21. The summed E-state index contributed by atoms with van der Waals surface area (Å²) in [6.45, 7) is 0.286. The second-order valence-corrected chi connectivity index (χ2v) is 7.21. The monoisotopic (exact) mass is 401 g/mol. The van der Waals surface area contributed by atoms with E-state index in [0.717, 1.165) is 23.0 Å². The van der Waals surface area contributed by atoms with Gasteiger partial charge in [0.05, 0.1) is 17.3 Å². The second kappa shape index (κ2) is 7.22. The summed E-state index contributed by atoms with van der Waals surface area (Å²) >= 11 is 0. The van der Waals surface area contributed by atoms with Crippen molar-refractivity contribution in [2.75, 3.05) is 0 Å². The zero-order chi connectivity index (χ0) is 20.7. The number of fused-ring (bicyclic) bond motifs is 3. The fourth-order valence-electron chi connectivity index (χ4n) is 4.08. The van der Waals surface area contributed by atoms with Crippen molar-refractivity contribution in [1.29, 1.82) is 0 Å². The molecule has 5 rings (SSSR count). The van der Waals surface area contributed by atoms with E-state index in [1.54, 1.807) is 23.2 Å². The van der Waals surface area contributed by atoms with Crippen LogP contribution in [0.2, 0.25) is 0 Å². The number of hydrogen-bond acceptors (Lipinski definition) is 2. The molecule has 1 unspecified atom stereocenters. The van der Waals surface area contributed by atoms with E-state index in [-0.39, 0.29) is 12.5 Å². The number of amides is 1. The van der Waals surface area contributed by atoms with Gasteiger partial charge in [0.25, 0.3) is 5.91 Å². The molecule has 1 aliphatic heterocycles. The Morgan fingerprint density at radius 3 is 2.53 bits per heavy atom. The van der Waals surface area contributed by atoms with Gasteiger partial charge in [-0.2, -0.15) is 0 Å². The molecule has 3 heterocycles. The Hall–Kier alpha value is -3.80. The number of nitrogens with zero attached hydrogens (tertiary/aromatic N) is 3. The van der Waals surface area contributed by atoms with Crippen LogP contribution in [-0.2, 0) is 6.54 Å². The van der Waals surface area contributed by atoms with Crippen molar-refractivity contribution >= 4 is 5.91 Å². The molecule has 2 aromatic carbocycles. The minimum absolute atomic E-state index is 0.262. The Labute approximate surface area is 172 Å². The number of para-hydroxylation sites is 1. The SMILES string of the molecule is O=C(c1cccnc1)N1Cc2ccccc2-n2cccc2C1c1cc(F)cc(F)c1. The Morgan fingerprint density at radius 1 is 0.967 bits per heavy atom. The first-order valence-electron chi connectivity index (χ1n) is 9.54. The number of pyridine rings is 1. The average Bonchev–Trinajstić information content (AvgIpc) is 3.17. The van der Waals surface area contributed by atoms with Gasteiger partial charge >= 0.3 is 0 Å². The van der Waals surface area contributed by atoms with E-state index < -0.39 is 17.7 Å². The minimum atomic E-state index is -0.682. The third kappa shape index (κ3) is 3.06. The Bertz CT molecular complexity index is 1220. The molecule has 30 heavy (non-hydrogen) atoms. The van der Waals surface area contributed by atoms with E-state index in [0.29, 0.717) is 11.1 Å². The summed E-state index contributed by atoms with van der Waals surface area (Å²) in [6, 6.07) is 17.6. The fraction of sp³-hybridized carbons (Fsp3) is 0.0833. The van der Waals surface area contributed by atoms with E-state index in [1.807, 2.05) is 47.2 Å². The van der Waals surface area contributed by atoms with Gasteiger partial charge in [-0.15, -0.1) is 0 Å². The summed E-state index contributed by atoms with van der Waals surface area (Å²) in [5.41, 5.74) is 3.41. The van der Waals surface area contributed by atoms with Gasteiger partial charge in [-0.1, -0.05) is 18.2 Å². The number of hydrogen-bond donors (Lipinski definition) is 0. The van der Waals surface area contributed by atoms with Crippen molar-refractivity contribution in [2.24, 2.45) is 0 Å². The molecule has 0 saturated carbocycles. The molecule has 0 bridgehead atoms. The highest BCUT2D eigenvalue weighted by Crippen LogP contribution is 2.37. The van der Waals surface area contributed by atoms with Crippen LogP contribution in [0.5, 0.6) is 0 Å². The molecule has 2 aromatic heterocycles. The molecule has 1 aliphatic rings. The summed E-state index contributed by atoms with van der Waals surface area (Å²) < 4.78 is 30.3. The summed E-state index contributed by atoms with van der Waals surface area (Å²) in [6.07, 6.45) is 5.00. The molecule has 0 radical (unpaired) electrons. The minimum Gasteiger partial charge on any atom is -0.322 e. The molecular weight excluding hydrogens is 384 g/mol. The maximum atomic E-state index is 14.1. The first-order valence-corrected chi connectivity index (χ1v) is 9.54. The van der Waals surface area contributed by atoms with E-state index in [2.05, 4.69) is 4.98 Å². The molecule has 4 nitrogen and oxygen atoms in total. The third-order valence-corrected chi connectivity index (χ3v) is 5.33. The highest BCUT2D eigenvalue weighted by atomic mass is 19.1. The lowest BCUT2D eigenvalue weighted by molar-refractivity contribution is 0.0690. The lowest BCUT2D eigenvalue weighted by Gasteiger charge is -2.31. The zero-order valence-electron chi connectivity index (χ0n) is 15.9. The smallest absolute Gasteiger partial charge is 0.256 e. The fourth-order valence-corrected chi connectivity index (χ4v) is 4.08. The van der Waals surface area contributed by atoms with Crippen molar-refractivity contribution in [3.05, 3.63) is 119 Å². The molecular formula is C24H17F2N3O. The van der Waals surface area contributed by atoms with Gasteiger partial charge in [0.2, 0.25) is 0 Å². The summed E-state index contributed by atoms with van der Waals surface area (Å²) in [7, 11) is 0. The predicted octanol–water partition coefficient (Wildman–Crippen LogP) is 4.90. The van der Waals surface area contributed by atoms with Gasteiger partial charge in [0.15, 0.2) is 0 Å². The lowest BCUT2D eigenvalue weighted by atomic mass is 10.00. The van der Waals surface area contributed by atoms with Crippen molar-refractivity contribution in [3.63, 3.8) is 0 Å². The van der Waals surface area contributed by atoms with Crippen molar-refractivity contribution < 1.29 is 13.6 Å². The number of carbonyl (C=O) groups excluding carboxylic acids is 1. The van der Waals surface area contributed by atoms with Crippen LogP contribution in [0, 0.1) is 11.6 Å². The van der Waals surface area contributed by atoms with Crippen LogP contribution < -0.4 is 0 Å². The van der Waals surface area contributed by atoms with Crippen molar-refractivity contribution in [2.45, 2.75) is 12.6 Å². The Balaban J connectivity index is 1.75. The van der Waals surface area contributed by atoms with Crippen LogP contribution in [-0.4, -0.2) is 20.4 Å². The van der Waals surface area contributed by atoms with Crippen LogP contribution in [0.1, 0.15) is 33.2 Å². The van der Waals surface area contributed by atoms with E-state index in [1.165, 1.54) is 18.3 Å². The van der Waals surface area contributed by atoms with Crippen LogP contribution in [0.4, 0.5) is 8.78 Å². The van der Waals surface area contributed by atoms with Crippen LogP contribution in [0.25, 0.3) is 5.69 Å². The predicted molar refractivity (Wildman–Crippen MR) is 108 cm³/mol. The molecule has 1 amide bonds. The molecule has 148 valence electrons. The molecule has 0 N–H and O–H groups in total. The third-order valence-electron chi connectivity index (χ3n) is 5.33. The molecule has 1 atom stereocenters. The molecule has 0 fully saturated rings. The standard InChI is InChI=1S/C24H17F2N3O/c25-19-11-18(12-20(26)13-19)23-22-8-4-10-28(22)21-7-2-1-5-17(21)15-29(23)24(30)16-6-3-9-27-14-16/h1-14,23H,15H2. The number of aromatic nitrogens is 2. The van der Waals surface area contributed by atoms with E-state index >= 15 is 0 Å². The first kappa shape index (κ1) is 18.2. The van der Waals surface area contributed by atoms with Gasteiger partial charge in [-0.05, 0) is 53.6 Å². The number of rotatable bonds is 2. The molecule has 0 saturated heterocycles. The highest BCUT2D eigenvalue weighted by molar-refractivity contribution is 5.94. The van der Waals surface area contributed by atoms with Gasteiger partial charge < -0.3 is 9.47 Å². The van der Waals surface area contributed by atoms with Gasteiger partial charge in [0.1, 0.15) is 11.6 Å². The van der Waals surface area contributed by atoms with Gasteiger partial charge in [-0.3, -0.25) is 9.78 Å². The zero-order valence-corrected chi connectivity index (χ0v) is 15.9. The van der Waals surface area contributed by atoms with Crippen molar-refractivity contribution in [3.8, 4) is 5.69 Å². The van der Waals surface area contributed by atoms with Crippen LogP contribution >= 0.6 is 0 Å². The van der Waals surface area contributed by atoms with Crippen LogP contribution in [0.3, 0.4) is 0 Å². The Kier molecular flexibility index (Phi) is 4.39. The van der Waals surface area contributed by atoms with E-state index in [4.69, 9.17) is 0 Å². The number of benzene rings is 2. The Morgan fingerprint density at radius 2 is 1.77 bits per heavy atom. The quantitative estimate of drug-likeness (QED) is 0.479. The van der Waals surface area contributed by atoms with Crippen LogP contribution in [0.15, 0.2) is 85.3 Å². The van der Waals surface area contributed by atoms with Gasteiger partial charge in [0, 0.05) is 36.9 Å². The van der Waals surface area contributed by atoms with Crippen molar-refractivity contribution in [1.82, 2.24) is 14.5 Å². The first-order chi connectivity index (χ1) is 14.6. The summed E-state index contributed by atoms with van der Waals surface area (Å²) in [5.74, 6) is -1.63. The number of halogens is 2. The lowest BCUT2D eigenvalue weighted by Crippen LogP contribution is -2.35. The number of carbonyl (C=O) groups is 1.